The fourth-order valence-electron chi connectivity index (χ4n) is 2.73. The third kappa shape index (κ3) is 5.44. The molecular weight excluding hydrogens is 351 g/mol. The highest BCUT2D eigenvalue weighted by atomic mass is 19.1. The molecule has 0 unspecified atom stereocenters. The van der Waals surface area contributed by atoms with Gasteiger partial charge in [0.05, 0.1) is 6.54 Å². The highest BCUT2D eigenvalue weighted by molar-refractivity contribution is 5.95. The molecule has 0 atom stereocenters. The van der Waals surface area contributed by atoms with Gasteiger partial charge in [-0.05, 0) is 55.0 Å². The molecule has 1 fully saturated rings. The minimum absolute atomic E-state index is 0.113. The normalized spacial score (nSPS) is 13.5. The van der Waals surface area contributed by atoms with E-state index >= 15 is 0 Å². The van der Waals surface area contributed by atoms with Gasteiger partial charge in [-0.25, -0.2) is 4.39 Å². The molecule has 27 heavy (non-hydrogen) atoms. The highest BCUT2D eigenvalue weighted by Gasteiger charge is 2.21. The Morgan fingerprint density at radius 3 is 2.37 bits per heavy atom. The smallest absolute Gasteiger partial charge is 0.258 e. The minimum Gasteiger partial charge on any atom is -0.492 e. The number of amides is 2. The van der Waals surface area contributed by atoms with E-state index in [0.29, 0.717) is 24.5 Å². The van der Waals surface area contributed by atoms with Crippen molar-refractivity contribution < 1.29 is 23.5 Å². The molecule has 2 amide bonds. The fourth-order valence-corrected chi connectivity index (χ4v) is 2.73. The van der Waals surface area contributed by atoms with E-state index in [9.17, 15) is 14.0 Å². The van der Waals surface area contributed by atoms with Crippen LogP contribution >= 0.6 is 0 Å². The number of nitrogens with one attached hydrogen (secondary N) is 1. The lowest BCUT2D eigenvalue weighted by Crippen LogP contribution is -2.32. The van der Waals surface area contributed by atoms with Crippen molar-refractivity contribution in [1.29, 1.82) is 0 Å². The van der Waals surface area contributed by atoms with Crippen molar-refractivity contribution in [2.45, 2.75) is 12.8 Å². The van der Waals surface area contributed by atoms with E-state index in [0.717, 1.165) is 18.7 Å². The Morgan fingerprint density at radius 1 is 1.04 bits per heavy atom. The van der Waals surface area contributed by atoms with Crippen LogP contribution in [0.5, 0.6) is 11.5 Å². The van der Waals surface area contributed by atoms with Crippen LogP contribution in [0.25, 0.3) is 0 Å². The second-order valence-electron chi connectivity index (χ2n) is 6.08. The van der Waals surface area contributed by atoms with Gasteiger partial charge in [0.2, 0.25) is 5.91 Å². The van der Waals surface area contributed by atoms with Gasteiger partial charge in [-0.2, -0.15) is 0 Å². The Hall–Kier alpha value is -3.09. The van der Waals surface area contributed by atoms with Crippen molar-refractivity contribution in [2.75, 3.05) is 31.2 Å². The molecule has 0 aromatic heterocycles. The molecule has 1 aliphatic rings. The van der Waals surface area contributed by atoms with Gasteiger partial charge >= 0.3 is 0 Å². The maximum Gasteiger partial charge on any atom is 0.258 e. The summed E-state index contributed by atoms with van der Waals surface area (Å²) in [6.45, 7) is 1.21. The van der Waals surface area contributed by atoms with E-state index < -0.39 is 0 Å². The summed E-state index contributed by atoms with van der Waals surface area (Å²) in [5.74, 6) is 0.636. The summed E-state index contributed by atoms with van der Waals surface area (Å²) in [6.07, 6.45) is 1.46. The van der Waals surface area contributed by atoms with E-state index in [2.05, 4.69) is 5.32 Å². The van der Waals surface area contributed by atoms with Crippen molar-refractivity contribution in [3.05, 3.63) is 54.3 Å². The number of carbonyl (C=O) groups is 2. The first kappa shape index (κ1) is 18.7. The number of anilines is 1. The number of halogens is 1. The average molecular weight is 372 g/mol. The van der Waals surface area contributed by atoms with E-state index in [1.165, 1.54) is 24.3 Å². The standard InChI is InChI=1S/C20H21FN2O4/c21-15-3-7-17(8-4-15)26-13-11-22-19(24)14-27-18-9-5-16(6-10-18)23-12-1-2-20(23)25/h3-10H,1-2,11-14H2,(H,22,24). The van der Waals surface area contributed by atoms with Gasteiger partial charge in [-0.1, -0.05) is 0 Å². The zero-order chi connectivity index (χ0) is 19.1. The van der Waals surface area contributed by atoms with Crippen LogP contribution in [-0.2, 0) is 9.59 Å². The minimum atomic E-state index is -0.326. The Labute approximate surface area is 156 Å². The molecule has 1 saturated heterocycles. The van der Waals surface area contributed by atoms with Gasteiger partial charge in [0.1, 0.15) is 23.9 Å². The second kappa shape index (κ2) is 9.02. The lowest BCUT2D eigenvalue weighted by molar-refractivity contribution is -0.123. The van der Waals surface area contributed by atoms with Crippen LogP contribution in [0.1, 0.15) is 12.8 Å². The first-order chi connectivity index (χ1) is 13.1. The molecule has 0 aliphatic carbocycles. The van der Waals surface area contributed by atoms with E-state index in [1.54, 1.807) is 17.0 Å². The largest absolute Gasteiger partial charge is 0.492 e. The van der Waals surface area contributed by atoms with Gasteiger partial charge in [-0.15, -0.1) is 0 Å². The topological polar surface area (TPSA) is 67.9 Å². The Morgan fingerprint density at radius 2 is 1.70 bits per heavy atom. The van der Waals surface area contributed by atoms with Crippen LogP contribution in [0.15, 0.2) is 48.5 Å². The van der Waals surface area contributed by atoms with Crippen molar-refractivity contribution in [1.82, 2.24) is 5.32 Å². The third-order valence-corrected chi connectivity index (χ3v) is 4.10. The van der Waals surface area contributed by atoms with Gasteiger partial charge < -0.3 is 19.7 Å². The molecule has 3 rings (SSSR count). The zero-order valence-electron chi connectivity index (χ0n) is 14.8. The van der Waals surface area contributed by atoms with Crippen LogP contribution in [0.4, 0.5) is 10.1 Å². The third-order valence-electron chi connectivity index (χ3n) is 4.10. The average Bonchev–Trinajstić information content (AvgIpc) is 3.11. The molecular formula is C20H21FN2O4. The zero-order valence-corrected chi connectivity index (χ0v) is 14.8. The quantitative estimate of drug-likeness (QED) is 0.723. The first-order valence-corrected chi connectivity index (χ1v) is 8.80. The second-order valence-corrected chi connectivity index (χ2v) is 6.08. The maximum absolute atomic E-state index is 12.8. The molecule has 0 spiro atoms. The Kier molecular flexibility index (Phi) is 6.25. The summed E-state index contributed by atoms with van der Waals surface area (Å²) in [5, 5.41) is 2.68. The Bertz CT molecular complexity index is 778. The van der Waals surface area contributed by atoms with Crippen LogP contribution < -0.4 is 19.7 Å². The van der Waals surface area contributed by atoms with Crippen LogP contribution in [0.2, 0.25) is 0 Å². The first-order valence-electron chi connectivity index (χ1n) is 8.80. The number of hydrogen-bond acceptors (Lipinski definition) is 4. The summed E-state index contributed by atoms with van der Waals surface area (Å²) < 4.78 is 23.6. The fraction of sp³-hybridized carbons (Fsp3) is 0.300. The molecule has 0 radical (unpaired) electrons. The van der Waals surface area contributed by atoms with Gasteiger partial charge in [-0.3, -0.25) is 9.59 Å². The number of hydrogen-bond donors (Lipinski definition) is 1. The van der Waals surface area contributed by atoms with E-state index in [-0.39, 0.29) is 30.8 Å². The lowest BCUT2D eigenvalue weighted by atomic mass is 10.3. The molecule has 6 nitrogen and oxygen atoms in total. The highest BCUT2D eigenvalue weighted by Crippen LogP contribution is 2.23. The molecule has 7 heteroatoms. The number of carbonyl (C=O) groups excluding carboxylic acids is 2. The molecule has 1 heterocycles. The molecule has 0 bridgehead atoms. The maximum atomic E-state index is 12.8. The molecule has 142 valence electrons. The van der Waals surface area contributed by atoms with Gasteiger partial charge in [0.15, 0.2) is 6.61 Å². The number of ether oxygens (including phenoxy) is 2. The summed E-state index contributed by atoms with van der Waals surface area (Å²) in [6, 6.07) is 12.8. The molecule has 2 aromatic rings. The number of rotatable bonds is 8. The van der Waals surface area contributed by atoms with Crippen LogP contribution in [0, 0.1) is 5.82 Å². The summed E-state index contributed by atoms with van der Waals surface area (Å²) in [7, 11) is 0. The Balaban J connectivity index is 1.35. The van der Waals surface area contributed by atoms with Gasteiger partial charge in [0.25, 0.3) is 5.91 Å². The van der Waals surface area contributed by atoms with Crippen molar-refractivity contribution in [3.63, 3.8) is 0 Å². The summed E-state index contributed by atoms with van der Waals surface area (Å²) in [5.41, 5.74) is 0.840. The van der Waals surface area contributed by atoms with Crippen molar-refractivity contribution >= 4 is 17.5 Å². The molecule has 2 aromatic carbocycles. The van der Waals surface area contributed by atoms with Crippen molar-refractivity contribution in [2.24, 2.45) is 0 Å². The van der Waals surface area contributed by atoms with Gasteiger partial charge in [0, 0.05) is 18.7 Å². The monoisotopic (exact) mass is 372 g/mol. The summed E-state index contributed by atoms with van der Waals surface area (Å²) in [4.78, 5) is 25.3. The van der Waals surface area contributed by atoms with E-state index in [4.69, 9.17) is 9.47 Å². The molecule has 1 aliphatic heterocycles. The SMILES string of the molecule is O=C(COc1ccc(N2CCCC2=O)cc1)NCCOc1ccc(F)cc1. The molecule has 0 saturated carbocycles. The predicted octanol–water partition coefficient (Wildman–Crippen LogP) is 2.53. The van der Waals surface area contributed by atoms with Crippen LogP contribution in [0.3, 0.4) is 0 Å². The number of benzene rings is 2. The lowest BCUT2D eigenvalue weighted by Gasteiger charge is -2.16. The number of nitrogens with zero attached hydrogens (tertiary/aromatic N) is 1. The predicted molar refractivity (Wildman–Crippen MR) is 98.4 cm³/mol. The van der Waals surface area contributed by atoms with E-state index in [1.807, 2.05) is 12.1 Å². The van der Waals surface area contributed by atoms with Crippen LogP contribution in [-0.4, -0.2) is 38.1 Å². The summed E-state index contributed by atoms with van der Waals surface area (Å²) >= 11 is 0. The molecule has 1 N–H and O–H groups in total. The van der Waals surface area contributed by atoms with Crippen molar-refractivity contribution in [3.8, 4) is 11.5 Å².